The van der Waals surface area contributed by atoms with Crippen LogP contribution >= 0.6 is 22.9 Å². The Bertz CT molecular complexity index is 1120. The van der Waals surface area contributed by atoms with Gasteiger partial charge in [-0.3, -0.25) is 9.59 Å². The number of thiophene rings is 1. The summed E-state index contributed by atoms with van der Waals surface area (Å²) in [5, 5.41) is 2.68. The Morgan fingerprint density at radius 1 is 1.11 bits per heavy atom. The molecule has 2 heterocycles. The van der Waals surface area contributed by atoms with Gasteiger partial charge in [0.2, 0.25) is 5.91 Å². The number of nitrogens with zero attached hydrogens (tertiary/aromatic N) is 2. The van der Waals surface area contributed by atoms with Gasteiger partial charge in [-0.15, -0.1) is 11.3 Å². The lowest BCUT2D eigenvalue weighted by Gasteiger charge is -2.37. The van der Waals surface area contributed by atoms with Gasteiger partial charge >= 0.3 is 0 Å². The molecule has 8 heteroatoms. The smallest absolute Gasteiger partial charge is 0.260 e. The van der Waals surface area contributed by atoms with Crippen LogP contribution in [0.4, 0.5) is 0 Å². The van der Waals surface area contributed by atoms with Crippen molar-refractivity contribution in [1.29, 1.82) is 0 Å². The highest BCUT2D eigenvalue weighted by Gasteiger charge is 2.33. The van der Waals surface area contributed by atoms with Crippen LogP contribution in [0.25, 0.3) is 0 Å². The van der Waals surface area contributed by atoms with Crippen LogP contribution < -0.4 is 4.74 Å². The maximum Gasteiger partial charge on any atom is 0.260 e. The monoisotopic (exact) mass is 512 g/mol. The molecule has 0 spiro atoms. The molecule has 0 radical (unpaired) electrons. The van der Waals surface area contributed by atoms with Crippen LogP contribution in [0.15, 0.2) is 66.0 Å². The van der Waals surface area contributed by atoms with Crippen LogP contribution in [0.3, 0.4) is 0 Å². The molecule has 4 rings (SSSR count). The third-order valence-corrected chi connectivity index (χ3v) is 7.28. The largest absolute Gasteiger partial charge is 0.484 e. The van der Waals surface area contributed by atoms with Crippen molar-refractivity contribution in [2.24, 2.45) is 0 Å². The summed E-state index contributed by atoms with van der Waals surface area (Å²) >= 11 is 7.66. The van der Waals surface area contributed by atoms with Crippen molar-refractivity contribution in [1.82, 2.24) is 9.80 Å². The molecule has 0 bridgehead atoms. The Morgan fingerprint density at radius 3 is 2.63 bits per heavy atom. The molecule has 1 unspecified atom stereocenters. The van der Waals surface area contributed by atoms with Crippen molar-refractivity contribution >= 4 is 34.8 Å². The fraction of sp³-hybridized carbons (Fsp3) is 0.333. The topological polar surface area (TPSA) is 59.1 Å². The lowest BCUT2D eigenvalue weighted by molar-refractivity contribution is -0.143. The molecule has 2 amide bonds. The quantitative estimate of drug-likeness (QED) is 0.365. The molecule has 0 aliphatic carbocycles. The van der Waals surface area contributed by atoms with E-state index in [-0.39, 0.29) is 31.0 Å². The van der Waals surface area contributed by atoms with E-state index < -0.39 is 0 Å². The number of ether oxygens (including phenoxy) is 2. The van der Waals surface area contributed by atoms with Gasteiger partial charge in [0.1, 0.15) is 5.75 Å². The minimum absolute atomic E-state index is 0.00463. The van der Waals surface area contributed by atoms with Gasteiger partial charge in [0.15, 0.2) is 6.61 Å². The van der Waals surface area contributed by atoms with Crippen molar-refractivity contribution in [3.8, 4) is 5.75 Å². The summed E-state index contributed by atoms with van der Waals surface area (Å²) in [5.41, 5.74) is 2.24. The first kappa shape index (κ1) is 25.2. The number of rotatable bonds is 10. The van der Waals surface area contributed by atoms with E-state index in [0.717, 1.165) is 12.0 Å². The summed E-state index contributed by atoms with van der Waals surface area (Å²) in [6.07, 6.45) is 1.45. The van der Waals surface area contributed by atoms with Gasteiger partial charge in [-0.2, -0.15) is 0 Å². The fourth-order valence-electron chi connectivity index (χ4n) is 4.29. The molecule has 6 nitrogen and oxygen atoms in total. The summed E-state index contributed by atoms with van der Waals surface area (Å²) in [6, 6.07) is 18.9. The summed E-state index contributed by atoms with van der Waals surface area (Å²) in [6.45, 7) is 1.38. The van der Waals surface area contributed by atoms with E-state index >= 15 is 0 Å². The molecule has 0 saturated heterocycles. The van der Waals surface area contributed by atoms with Gasteiger partial charge in [0.25, 0.3) is 5.91 Å². The fourth-order valence-corrected chi connectivity index (χ4v) is 5.32. The molecular formula is C27H29ClN2O4S. The molecule has 0 N–H and O–H groups in total. The molecular weight excluding hydrogens is 484 g/mol. The maximum absolute atomic E-state index is 13.6. The molecule has 1 atom stereocenters. The van der Waals surface area contributed by atoms with E-state index in [0.29, 0.717) is 36.9 Å². The molecule has 35 heavy (non-hydrogen) atoms. The normalized spacial score (nSPS) is 14.9. The van der Waals surface area contributed by atoms with Crippen molar-refractivity contribution in [3.63, 3.8) is 0 Å². The van der Waals surface area contributed by atoms with Gasteiger partial charge in [0, 0.05) is 36.7 Å². The number of fused-ring (bicyclic) bond motifs is 1. The Morgan fingerprint density at radius 2 is 1.89 bits per heavy atom. The van der Waals surface area contributed by atoms with Gasteiger partial charge in [-0.1, -0.05) is 41.9 Å². The predicted octanol–water partition coefficient (Wildman–Crippen LogP) is 4.82. The van der Waals surface area contributed by atoms with Crippen LogP contribution in [0.5, 0.6) is 5.75 Å². The number of halogens is 1. The average molecular weight is 513 g/mol. The SMILES string of the molecule is COCCCN(CC(=O)N1CCc2sccc2C1c1ccccc1)C(=O)COc1ccc(Cl)cc1. The Labute approximate surface area is 215 Å². The van der Waals surface area contributed by atoms with E-state index in [4.69, 9.17) is 21.1 Å². The van der Waals surface area contributed by atoms with Crippen molar-refractivity contribution in [2.75, 3.05) is 40.0 Å². The number of carbonyl (C=O) groups excluding carboxylic acids is 2. The number of carbonyl (C=O) groups is 2. The lowest BCUT2D eigenvalue weighted by Crippen LogP contribution is -2.48. The predicted molar refractivity (Wildman–Crippen MR) is 138 cm³/mol. The van der Waals surface area contributed by atoms with Crippen LogP contribution in [-0.2, 0) is 20.7 Å². The number of methoxy groups -OCH3 is 1. The zero-order valence-electron chi connectivity index (χ0n) is 19.7. The first-order valence-electron chi connectivity index (χ1n) is 11.6. The van der Waals surface area contributed by atoms with E-state index in [1.807, 2.05) is 23.1 Å². The van der Waals surface area contributed by atoms with Gasteiger partial charge in [-0.05, 0) is 59.7 Å². The first-order valence-corrected chi connectivity index (χ1v) is 12.9. The van der Waals surface area contributed by atoms with Crippen molar-refractivity contribution in [2.45, 2.75) is 18.9 Å². The third kappa shape index (κ3) is 6.42. The van der Waals surface area contributed by atoms with Gasteiger partial charge < -0.3 is 19.3 Å². The second kappa shape index (κ2) is 12.2. The maximum atomic E-state index is 13.6. The van der Waals surface area contributed by atoms with Crippen LogP contribution in [0.2, 0.25) is 5.02 Å². The zero-order chi connectivity index (χ0) is 24.6. The average Bonchev–Trinajstić information content (AvgIpc) is 3.36. The molecule has 0 fully saturated rings. The second-order valence-corrected chi connectivity index (χ2v) is 9.79. The molecule has 1 aromatic heterocycles. The highest BCUT2D eigenvalue weighted by Crippen LogP contribution is 2.37. The number of amides is 2. The number of hydrogen-bond acceptors (Lipinski definition) is 5. The summed E-state index contributed by atoms with van der Waals surface area (Å²) in [7, 11) is 1.62. The van der Waals surface area contributed by atoms with Crippen molar-refractivity contribution in [3.05, 3.63) is 87.1 Å². The van der Waals surface area contributed by atoms with Gasteiger partial charge in [0.05, 0.1) is 12.6 Å². The van der Waals surface area contributed by atoms with Crippen LogP contribution in [0.1, 0.15) is 28.5 Å². The summed E-state index contributed by atoms with van der Waals surface area (Å²) in [5.74, 6) is 0.234. The Balaban J connectivity index is 1.48. The van der Waals surface area contributed by atoms with Crippen molar-refractivity contribution < 1.29 is 19.1 Å². The number of hydrogen-bond donors (Lipinski definition) is 0. The van der Waals surface area contributed by atoms with E-state index in [1.165, 1.54) is 10.4 Å². The Kier molecular flexibility index (Phi) is 8.79. The highest BCUT2D eigenvalue weighted by atomic mass is 35.5. The summed E-state index contributed by atoms with van der Waals surface area (Å²) in [4.78, 5) is 31.5. The molecule has 0 saturated carbocycles. The molecule has 1 aliphatic heterocycles. The summed E-state index contributed by atoms with van der Waals surface area (Å²) < 4.78 is 10.8. The van der Waals surface area contributed by atoms with E-state index in [9.17, 15) is 9.59 Å². The standard InChI is InChI=1S/C27H29ClN2O4S/c1-33-16-5-14-29(26(32)19-34-22-10-8-21(28)9-11-22)18-25(31)30-15-12-24-23(13-17-35-24)27(30)20-6-3-2-4-7-20/h2-4,6-11,13,17,27H,5,12,14-16,18-19H2,1H3. The molecule has 3 aromatic rings. The van der Waals surface area contributed by atoms with Gasteiger partial charge in [-0.25, -0.2) is 0 Å². The first-order chi connectivity index (χ1) is 17.1. The Hall–Kier alpha value is -2.87. The molecule has 1 aliphatic rings. The van der Waals surface area contributed by atoms with Crippen LogP contribution in [-0.4, -0.2) is 61.6 Å². The number of benzene rings is 2. The molecule has 184 valence electrons. The van der Waals surface area contributed by atoms with Crippen LogP contribution in [0, 0.1) is 0 Å². The third-order valence-electron chi connectivity index (χ3n) is 6.03. The second-order valence-electron chi connectivity index (χ2n) is 8.35. The highest BCUT2D eigenvalue weighted by molar-refractivity contribution is 7.10. The minimum Gasteiger partial charge on any atom is -0.484 e. The minimum atomic E-state index is -0.242. The van der Waals surface area contributed by atoms with E-state index in [2.05, 4.69) is 23.6 Å². The lowest BCUT2D eigenvalue weighted by atomic mass is 9.93. The zero-order valence-corrected chi connectivity index (χ0v) is 21.3. The molecule has 2 aromatic carbocycles. The van der Waals surface area contributed by atoms with E-state index in [1.54, 1.807) is 47.6 Å².